The molecule has 0 unspecified atom stereocenters. The molecule has 1 N–H and O–H groups in total. The van der Waals surface area contributed by atoms with Crippen LogP contribution in [-0.4, -0.2) is 36.4 Å². The maximum Gasteiger partial charge on any atom is 0.393 e. The summed E-state index contributed by atoms with van der Waals surface area (Å²) in [5, 5.41) is 2.65. The Hall–Kier alpha value is -1.64. The molecule has 0 aromatic heterocycles. The number of nitrogens with one attached hydrogen (secondary N) is 1. The first-order valence-corrected chi connectivity index (χ1v) is 7.29. The minimum atomic E-state index is -4.80. The number of benzene rings is 1. The Labute approximate surface area is 138 Å². The van der Waals surface area contributed by atoms with Crippen LogP contribution < -0.4 is 5.32 Å². The number of halogens is 7. The van der Waals surface area contributed by atoms with Gasteiger partial charge < -0.3 is 10.2 Å². The van der Waals surface area contributed by atoms with E-state index >= 15 is 0 Å². The van der Waals surface area contributed by atoms with Crippen LogP contribution in [0.4, 0.5) is 36.8 Å². The molecule has 0 bridgehead atoms. The van der Waals surface area contributed by atoms with Crippen LogP contribution >= 0.6 is 11.6 Å². The quantitative estimate of drug-likeness (QED) is 0.694. The monoisotopic (exact) mass is 374 g/mol. The molecule has 2 rings (SSSR count). The minimum Gasteiger partial charge on any atom is -0.323 e. The zero-order chi connectivity index (χ0) is 18.1. The number of likely N-dealkylation sites (tertiary alicyclic amines) is 1. The van der Waals surface area contributed by atoms with E-state index < -0.39 is 49.7 Å². The molecular weight excluding hydrogens is 362 g/mol. The van der Waals surface area contributed by atoms with Gasteiger partial charge in [0.1, 0.15) is 0 Å². The van der Waals surface area contributed by atoms with Crippen molar-refractivity contribution in [2.75, 3.05) is 18.4 Å². The van der Waals surface area contributed by atoms with Crippen LogP contribution in [0, 0.1) is 11.8 Å². The molecule has 0 saturated carbocycles. The molecule has 1 aliphatic rings. The molecule has 0 spiro atoms. The number of anilines is 1. The molecule has 134 valence electrons. The van der Waals surface area contributed by atoms with Gasteiger partial charge in [0, 0.05) is 23.8 Å². The van der Waals surface area contributed by atoms with Crippen LogP contribution in [0.3, 0.4) is 0 Å². The number of hydrogen-bond donors (Lipinski definition) is 1. The molecule has 3 nitrogen and oxygen atoms in total. The van der Waals surface area contributed by atoms with E-state index in [0.717, 1.165) is 0 Å². The predicted molar refractivity (Wildman–Crippen MR) is 75.8 cm³/mol. The summed E-state index contributed by atoms with van der Waals surface area (Å²) >= 11 is 5.66. The molecule has 1 aromatic carbocycles. The van der Waals surface area contributed by atoms with Crippen LogP contribution in [-0.2, 0) is 0 Å². The largest absolute Gasteiger partial charge is 0.393 e. The topological polar surface area (TPSA) is 32.3 Å². The van der Waals surface area contributed by atoms with E-state index in [1.165, 1.54) is 24.3 Å². The lowest BCUT2D eigenvalue weighted by Crippen LogP contribution is -2.52. The molecule has 24 heavy (non-hydrogen) atoms. The van der Waals surface area contributed by atoms with Crippen molar-refractivity contribution in [2.45, 2.75) is 18.8 Å². The summed E-state index contributed by atoms with van der Waals surface area (Å²) in [6.07, 6.45) is -10.7. The minimum absolute atomic E-state index is 0.224. The Balaban J connectivity index is 2.14. The van der Waals surface area contributed by atoms with Crippen molar-refractivity contribution in [1.29, 1.82) is 0 Å². The van der Waals surface area contributed by atoms with Gasteiger partial charge in [0.15, 0.2) is 0 Å². The molecule has 1 fully saturated rings. The van der Waals surface area contributed by atoms with Crippen molar-refractivity contribution >= 4 is 23.3 Å². The van der Waals surface area contributed by atoms with E-state index in [4.69, 9.17) is 11.6 Å². The average molecular weight is 375 g/mol. The second-order valence-electron chi connectivity index (χ2n) is 5.55. The third-order valence-electron chi connectivity index (χ3n) is 3.76. The molecule has 1 aromatic rings. The molecule has 2 atom stereocenters. The van der Waals surface area contributed by atoms with Gasteiger partial charge in [-0.1, -0.05) is 11.6 Å². The fourth-order valence-corrected chi connectivity index (χ4v) is 2.60. The smallest absolute Gasteiger partial charge is 0.323 e. The Kier molecular flexibility index (Phi) is 5.22. The number of carbonyl (C=O) groups excluding carboxylic acids is 1. The molecule has 1 heterocycles. The van der Waals surface area contributed by atoms with Crippen LogP contribution in [0.2, 0.25) is 5.02 Å². The standard InChI is InChI=1S/C14H13ClF6N2O/c15-10-1-3-11(4-2-10)22-12(24)23-6-8(13(16,17)18)5-9(7-23)14(19,20)21/h1-4,8-9H,5-7H2,(H,22,24)/t8-,9-/m1/s1. The summed E-state index contributed by atoms with van der Waals surface area (Å²) in [4.78, 5) is 12.6. The second-order valence-corrected chi connectivity index (χ2v) is 5.99. The van der Waals surface area contributed by atoms with Gasteiger partial charge in [0.25, 0.3) is 0 Å². The predicted octanol–water partition coefficient (Wildman–Crippen LogP) is 4.93. The molecule has 0 radical (unpaired) electrons. The number of urea groups is 1. The molecule has 0 aliphatic carbocycles. The maximum absolute atomic E-state index is 12.9. The van der Waals surface area contributed by atoms with Crippen molar-refractivity contribution in [3.05, 3.63) is 29.3 Å². The summed E-state index contributed by atoms with van der Waals surface area (Å²) in [7, 11) is 0. The second kappa shape index (κ2) is 6.70. The highest BCUT2D eigenvalue weighted by atomic mass is 35.5. The van der Waals surface area contributed by atoms with E-state index in [-0.39, 0.29) is 5.69 Å². The van der Waals surface area contributed by atoms with Crippen molar-refractivity contribution in [1.82, 2.24) is 4.90 Å². The molecule has 10 heteroatoms. The first-order valence-electron chi connectivity index (χ1n) is 6.91. The fraction of sp³-hybridized carbons (Fsp3) is 0.500. The fourth-order valence-electron chi connectivity index (χ4n) is 2.47. The summed E-state index contributed by atoms with van der Waals surface area (Å²) in [5.74, 6) is -4.43. The van der Waals surface area contributed by atoms with Crippen LogP contribution in [0.25, 0.3) is 0 Å². The molecular formula is C14H13ClF6N2O. The van der Waals surface area contributed by atoms with E-state index in [1.54, 1.807) is 0 Å². The highest BCUT2D eigenvalue weighted by Crippen LogP contribution is 2.41. The summed E-state index contributed by atoms with van der Waals surface area (Å²) in [5.41, 5.74) is 0.224. The lowest BCUT2D eigenvalue weighted by molar-refractivity contribution is -0.226. The average Bonchev–Trinajstić information content (AvgIpc) is 2.47. The number of piperidine rings is 1. The number of rotatable bonds is 1. The normalized spacial score (nSPS) is 22.4. The zero-order valence-corrected chi connectivity index (χ0v) is 12.8. The summed E-state index contributed by atoms with van der Waals surface area (Å²) < 4.78 is 77.2. The third kappa shape index (κ3) is 4.68. The number of carbonyl (C=O) groups is 1. The van der Waals surface area contributed by atoms with Crippen molar-refractivity contribution in [2.24, 2.45) is 11.8 Å². The van der Waals surface area contributed by atoms with Crippen LogP contribution in [0.15, 0.2) is 24.3 Å². The van der Waals surface area contributed by atoms with E-state index in [0.29, 0.717) is 9.92 Å². The van der Waals surface area contributed by atoms with Gasteiger partial charge in [0.05, 0.1) is 11.8 Å². The van der Waals surface area contributed by atoms with E-state index in [9.17, 15) is 31.1 Å². The maximum atomic E-state index is 12.9. The Bertz CT molecular complexity index is 564. The first-order chi connectivity index (χ1) is 11.0. The van der Waals surface area contributed by atoms with Crippen molar-refractivity contribution in [3.8, 4) is 0 Å². The van der Waals surface area contributed by atoms with Crippen molar-refractivity contribution < 1.29 is 31.1 Å². The van der Waals surface area contributed by atoms with Crippen LogP contribution in [0.1, 0.15) is 6.42 Å². The first kappa shape index (κ1) is 18.7. The van der Waals surface area contributed by atoms with Gasteiger partial charge in [-0.15, -0.1) is 0 Å². The number of nitrogens with zero attached hydrogens (tertiary/aromatic N) is 1. The van der Waals surface area contributed by atoms with Gasteiger partial charge in [-0.05, 0) is 30.7 Å². The summed E-state index contributed by atoms with van der Waals surface area (Å²) in [6, 6.07) is 4.65. The highest BCUT2D eigenvalue weighted by molar-refractivity contribution is 6.30. The lowest BCUT2D eigenvalue weighted by atomic mass is 9.88. The number of hydrogen-bond acceptors (Lipinski definition) is 1. The van der Waals surface area contributed by atoms with Gasteiger partial charge in [-0.25, -0.2) is 4.79 Å². The van der Waals surface area contributed by atoms with Crippen molar-refractivity contribution in [3.63, 3.8) is 0 Å². The Morgan fingerprint density at radius 1 is 1.00 bits per heavy atom. The SMILES string of the molecule is O=C(Nc1ccc(Cl)cc1)N1C[C@H](C(F)(F)F)C[C@@H](C(F)(F)F)C1. The summed E-state index contributed by atoms with van der Waals surface area (Å²) in [6.45, 7) is -1.62. The van der Waals surface area contributed by atoms with Gasteiger partial charge in [-0.2, -0.15) is 26.3 Å². The number of alkyl halides is 6. The third-order valence-corrected chi connectivity index (χ3v) is 4.01. The molecule has 1 aliphatic heterocycles. The van der Waals surface area contributed by atoms with E-state index in [1.807, 2.05) is 0 Å². The van der Waals surface area contributed by atoms with Gasteiger partial charge in [-0.3, -0.25) is 0 Å². The van der Waals surface area contributed by atoms with E-state index in [2.05, 4.69) is 5.32 Å². The zero-order valence-electron chi connectivity index (χ0n) is 12.1. The Morgan fingerprint density at radius 2 is 1.46 bits per heavy atom. The lowest BCUT2D eigenvalue weighted by Gasteiger charge is -2.39. The van der Waals surface area contributed by atoms with Gasteiger partial charge >= 0.3 is 18.4 Å². The molecule has 1 saturated heterocycles. The van der Waals surface area contributed by atoms with Gasteiger partial charge in [0.2, 0.25) is 0 Å². The number of amides is 2. The highest BCUT2D eigenvalue weighted by Gasteiger charge is 2.52. The van der Waals surface area contributed by atoms with Crippen LogP contribution in [0.5, 0.6) is 0 Å². The molecule has 2 amide bonds. The Morgan fingerprint density at radius 3 is 1.88 bits per heavy atom.